The first-order valence-corrected chi connectivity index (χ1v) is 6.72. The molecule has 0 aliphatic carbocycles. The smallest absolute Gasteiger partial charge is 0.0181 e. The summed E-state index contributed by atoms with van der Waals surface area (Å²) >= 11 is 5.28. The van der Waals surface area contributed by atoms with Gasteiger partial charge in [-0.3, -0.25) is 0 Å². The van der Waals surface area contributed by atoms with E-state index in [2.05, 4.69) is 64.7 Å². The zero-order valence-corrected chi connectivity index (χ0v) is 10.8. The average molecular weight is 279 g/mol. The van der Waals surface area contributed by atoms with E-state index in [4.69, 9.17) is 0 Å². The second kappa shape index (κ2) is 4.86. The van der Waals surface area contributed by atoms with Gasteiger partial charge in [0.25, 0.3) is 0 Å². The van der Waals surface area contributed by atoms with E-state index in [0.29, 0.717) is 0 Å². The highest BCUT2D eigenvalue weighted by molar-refractivity contribution is 9.10. The van der Waals surface area contributed by atoms with Gasteiger partial charge in [0.05, 0.1) is 0 Å². The summed E-state index contributed by atoms with van der Waals surface area (Å²) in [5.74, 6) is 0. The second-order valence-electron chi connectivity index (χ2n) is 3.21. The van der Waals surface area contributed by atoms with Gasteiger partial charge >= 0.3 is 0 Å². The predicted octanol–water partition coefficient (Wildman–Crippen LogP) is 4.84. The minimum absolute atomic E-state index is 1.12. The molecule has 0 saturated carbocycles. The summed E-state index contributed by atoms with van der Waals surface area (Å²) in [7, 11) is 0. The van der Waals surface area contributed by atoms with Crippen LogP contribution < -0.4 is 0 Å². The highest BCUT2D eigenvalue weighted by atomic mass is 79.9. The van der Waals surface area contributed by atoms with E-state index < -0.39 is 0 Å². The molecule has 0 saturated heterocycles. The van der Waals surface area contributed by atoms with Crippen molar-refractivity contribution < 1.29 is 0 Å². The maximum absolute atomic E-state index is 3.50. The predicted molar refractivity (Wildman–Crippen MR) is 71.4 cm³/mol. The molecule has 2 heteroatoms. The molecule has 0 aliphatic rings. The minimum Gasteiger partial charge on any atom is -0.129 e. The number of hydrogen-bond acceptors (Lipinski definition) is 1. The summed E-state index contributed by atoms with van der Waals surface area (Å²) in [6.07, 6.45) is 2.11. The maximum atomic E-state index is 3.50. The average Bonchev–Trinajstić information content (AvgIpc) is 2.29. The Morgan fingerprint density at radius 3 is 2.53 bits per heavy atom. The lowest BCUT2D eigenvalue weighted by Gasteiger charge is -2.07. The molecule has 0 atom stereocenters. The first kappa shape index (κ1) is 10.8. The highest BCUT2D eigenvalue weighted by Crippen LogP contribution is 2.31. The van der Waals surface area contributed by atoms with Crippen LogP contribution in [0.1, 0.15) is 0 Å². The molecule has 2 rings (SSSR count). The number of benzene rings is 2. The van der Waals surface area contributed by atoms with Crippen LogP contribution in [-0.4, -0.2) is 6.26 Å². The van der Waals surface area contributed by atoms with Crippen LogP contribution in [0.25, 0.3) is 11.1 Å². The van der Waals surface area contributed by atoms with Gasteiger partial charge in [-0.2, -0.15) is 0 Å². The lowest BCUT2D eigenvalue weighted by atomic mass is 10.1. The van der Waals surface area contributed by atoms with Gasteiger partial charge < -0.3 is 0 Å². The fourth-order valence-corrected chi connectivity index (χ4v) is 2.56. The van der Waals surface area contributed by atoms with Crippen molar-refractivity contribution in [3.05, 3.63) is 53.0 Å². The Bertz CT molecular complexity index is 466. The van der Waals surface area contributed by atoms with Crippen molar-refractivity contribution in [3.63, 3.8) is 0 Å². The fraction of sp³-hybridized carbons (Fsp3) is 0.0769. The van der Waals surface area contributed by atoms with Crippen LogP contribution in [-0.2, 0) is 0 Å². The first-order chi connectivity index (χ1) is 7.31. The zero-order chi connectivity index (χ0) is 10.7. The van der Waals surface area contributed by atoms with Crippen molar-refractivity contribution in [2.24, 2.45) is 0 Å². The Hall–Kier alpha value is -0.730. The van der Waals surface area contributed by atoms with Crippen LogP contribution in [0.5, 0.6) is 0 Å². The molecule has 0 nitrogen and oxygen atoms in total. The number of hydrogen-bond donors (Lipinski definition) is 0. The van der Waals surface area contributed by atoms with Gasteiger partial charge in [0.2, 0.25) is 0 Å². The molecule has 0 aromatic heterocycles. The third kappa shape index (κ3) is 2.44. The summed E-state index contributed by atoms with van der Waals surface area (Å²) in [6.45, 7) is 0. The molecule has 0 heterocycles. The molecule has 0 bridgehead atoms. The molecule has 76 valence electrons. The lowest BCUT2D eigenvalue weighted by Crippen LogP contribution is -1.81. The van der Waals surface area contributed by atoms with Crippen molar-refractivity contribution >= 4 is 27.7 Å². The molecule has 2 aromatic rings. The topological polar surface area (TPSA) is 0 Å². The van der Waals surface area contributed by atoms with Crippen molar-refractivity contribution in [2.75, 3.05) is 6.26 Å². The summed E-state index contributed by atoms with van der Waals surface area (Å²) in [5.41, 5.74) is 2.56. The summed E-state index contributed by atoms with van der Waals surface area (Å²) in [5, 5.41) is 0. The Labute approximate surface area is 103 Å². The number of halogens is 1. The Kier molecular flexibility index (Phi) is 3.49. The summed E-state index contributed by atoms with van der Waals surface area (Å²) < 4.78 is 1.12. The zero-order valence-electron chi connectivity index (χ0n) is 8.41. The van der Waals surface area contributed by atoms with Crippen molar-refractivity contribution in [1.82, 2.24) is 0 Å². The molecular weight excluding hydrogens is 268 g/mol. The number of rotatable bonds is 2. The van der Waals surface area contributed by atoms with Gasteiger partial charge in [0, 0.05) is 9.37 Å². The first-order valence-electron chi connectivity index (χ1n) is 4.70. The third-order valence-electron chi connectivity index (χ3n) is 2.24. The van der Waals surface area contributed by atoms with Gasteiger partial charge in [-0.05, 0) is 35.6 Å². The van der Waals surface area contributed by atoms with Gasteiger partial charge in [-0.15, -0.1) is 11.8 Å². The van der Waals surface area contributed by atoms with E-state index in [0.717, 1.165) is 4.47 Å². The fourth-order valence-electron chi connectivity index (χ4n) is 1.54. The van der Waals surface area contributed by atoms with E-state index in [9.17, 15) is 0 Å². The molecule has 0 unspecified atom stereocenters. The van der Waals surface area contributed by atoms with Crippen LogP contribution in [0.15, 0.2) is 57.9 Å². The summed E-state index contributed by atoms with van der Waals surface area (Å²) in [4.78, 5) is 1.32. The molecule has 0 spiro atoms. The van der Waals surface area contributed by atoms with Gasteiger partial charge in [-0.1, -0.05) is 46.3 Å². The molecule has 2 aromatic carbocycles. The quantitative estimate of drug-likeness (QED) is 0.709. The monoisotopic (exact) mass is 278 g/mol. The standard InChI is InChI=1S/C13H11BrS/c1-15-13-8-3-2-7-12(13)10-5-4-6-11(14)9-10/h2-9H,1H3. The molecular formula is C13H11BrS. The molecule has 0 fully saturated rings. The van der Waals surface area contributed by atoms with Crippen molar-refractivity contribution in [1.29, 1.82) is 0 Å². The summed E-state index contributed by atoms with van der Waals surface area (Å²) in [6, 6.07) is 16.9. The van der Waals surface area contributed by atoms with E-state index in [1.54, 1.807) is 11.8 Å². The van der Waals surface area contributed by atoms with E-state index in [-0.39, 0.29) is 0 Å². The highest BCUT2D eigenvalue weighted by Gasteiger charge is 2.03. The van der Waals surface area contributed by atoms with Gasteiger partial charge in [0.15, 0.2) is 0 Å². The van der Waals surface area contributed by atoms with E-state index in [1.165, 1.54) is 16.0 Å². The maximum Gasteiger partial charge on any atom is 0.0181 e. The van der Waals surface area contributed by atoms with Crippen LogP contribution in [0, 0.1) is 0 Å². The Morgan fingerprint density at radius 2 is 1.80 bits per heavy atom. The van der Waals surface area contributed by atoms with Gasteiger partial charge in [0.1, 0.15) is 0 Å². The molecule has 0 aliphatic heterocycles. The normalized spacial score (nSPS) is 10.3. The van der Waals surface area contributed by atoms with E-state index in [1.807, 2.05) is 6.07 Å². The van der Waals surface area contributed by atoms with Crippen molar-refractivity contribution in [3.8, 4) is 11.1 Å². The third-order valence-corrected chi connectivity index (χ3v) is 3.53. The number of thioether (sulfide) groups is 1. The molecule has 15 heavy (non-hydrogen) atoms. The van der Waals surface area contributed by atoms with Crippen LogP contribution >= 0.6 is 27.7 Å². The van der Waals surface area contributed by atoms with Crippen LogP contribution in [0.2, 0.25) is 0 Å². The Balaban J connectivity index is 2.53. The molecule has 0 radical (unpaired) electrons. The van der Waals surface area contributed by atoms with Crippen LogP contribution in [0.4, 0.5) is 0 Å². The molecule has 0 N–H and O–H groups in total. The molecule has 0 amide bonds. The van der Waals surface area contributed by atoms with Gasteiger partial charge in [-0.25, -0.2) is 0 Å². The Morgan fingerprint density at radius 1 is 1.00 bits per heavy atom. The SMILES string of the molecule is CSc1ccccc1-c1cccc(Br)c1. The largest absolute Gasteiger partial charge is 0.129 e. The van der Waals surface area contributed by atoms with Crippen LogP contribution in [0.3, 0.4) is 0 Å². The van der Waals surface area contributed by atoms with Crippen molar-refractivity contribution in [2.45, 2.75) is 4.90 Å². The van der Waals surface area contributed by atoms with E-state index >= 15 is 0 Å². The second-order valence-corrected chi connectivity index (χ2v) is 4.97. The minimum atomic E-state index is 1.12. The lowest BCUT2D eigenvalue weighted by molar-refractivity contribution is 1.44.